The monoisotopic (exact) mass is 540 g/mol. The van der Waals surface area contributed by atoms with Crippen LogP contribution < -0.4 is 0 Å². The minimum absolute atomic E-state index is 0.00100. The average Bonchev–Trinajstić information content (AvgIpc) is 2.76. The first-order chi connectivity index (χ1) is 16.7. The van der Waals surface area contributed by atoms with E-state index in [1.165, 1.54) is 0 Å². The molecule has 0 spiro atoms. The molecule has 3 aromatic rings. The van der Waals surface area contributed by atoms with Crippen LogP contribution in [0.1, 0.15) is 50.1 Å². The predicted octanol–water partition coefficient (Wildman–Crippen LogP) is 9.13. The maximum Gasteiger partial charge on any atom is 0.416 e. The van der Waals surface area contributed by atoms with Gasteiger partial charge < -0.3 is 0 Å². The highest BCUT2D eigenvalue weighted by atomic mass is 19.4. The van der Waals surface area contributed by atoms with Crippen molar-refractivity contribution in [3.05, 3.63) is 104 Å². The molecule has 0 aliphatic carbocycles. The first-order valence-corrected chi connectivity index (χ1v) is 10.6. The summed E-state index contributed by atoms with van der Waals surface area (Å²) in [6.45, 7) is 4.42. The zero-order chi connectivity index (χ0) is 28.3. The molecule has 3 aromatic carbocycles. The van der Waals surface area contributed by atoms with Crippen molar-refractivity contribution in [1.82, 2.24) is 0 Å². The lowest BCUT2D eigenvalue weighted by molar-refractivity contribution is -0.168. The van der Waals surface area contributed by atoms with Gasteiger partial charge in [0.05, 0.1) is 11.1 Å². The highest BCUT2D eigenvalue weighted by Gasteiger charge is 2.60. The van der Waals surface area contributed by atoms with Crippen molar-refractivity contribution in [1.29, 1.82) is 0 Å². The Morgan fingerprint density at radius 2 is 0.784 bits per heavy atom. The lowest BCUT2D eigenvalue weighted by Gasteiger charge is -2.40. The SMILES string of the molecule is Cc1c(F)ccc(C(c2cc(C(F)(F)F)cc(C(F)(F)F)c2)(c2ccc(F)c(C)c2C)C(F)(F)F)c1C. The number of rotatable bonds is 3. The molecule has 0 nitrogen and oxygen atoms in total. The predicted molar refractivity (Wildman–Crippen MR) is 114 cm³/mol. The summed E-state index contributed by atoms with van der Waals surface area (Å²) in [6, 6.07) is 2.38. The Kier molecular flexibility index (Phi) is 6.94. The summed E-state index contributed by atoms with van der Waals surface area (Å²) in [5.74, 6) is -1.85. The Hall–Kier alpha value is -3.11. The molecule has 11 heteroatoms. The molecule has 3 rings (SSSR count). The van der Waals surface area contributed by atoms with Crippen LogP contribution in [0, 0.1) is 39.3 Å². The fraction of sp³-hybridized carbons (Fsp3) is 0.308. The van der Waals surface area contributed by atoms with Crippen molar-refractivity contribution in [2.75, 3.05) is 0 Å². The molecule has 0 bridgehead atoms. The Balaban J connectivity index is 2.71. The van der Waals surface area contributed by atoms with Crippen LogP contribution in [-0.4, -0.2) is 6.18 Å². The quantitative estimate of drug-likeness (QED) is 0.230. The summed E-state index contributed by atoms with van der Waals surface area (Å²) in [6.07, 6.45) is -16.4. The van der Waals surface area contributed by atoms with Gasteiger partial charge in [-0.3, -0.25) is 0 Å². The van der Waals surface area contributed by atoms with Crippen LogP contribution in [0.3, 0.4) is 0 Å². The molecule has 37 heavy (non-hydrogen) atoms. The largest absolute Gasteiger partial charge is 0.416 e. The van der Waals surface area contributed by atoms with Gasteiger partial charge in [-0.1, -0.05) is 12.1 Å². The van der Waals surface area contributed by atoms with E-state index in [2.05, 4.69) is 0 Å². The van der Waals surface area contributed by atoms with E-state index in [9.17, 15) is 35.1 Å². The number of halogens is 11. The third-order valence-electron chi connectivity index (χ3n) is 6.70. The topological polar surface area (TPSA) is 0 Å². The maximum atomic E-state index is 15.4. The van der Waals surface area contributed by atoms with E-state index in [0.717, 1.165) is 27.7 Å². The van der Waals surface area contributed by atoms with Gasteiger partial charge in [-0.05, 0) is 97.0 Å². The van der Waals surface area contributed by atoms with Gasteiger partial charge in [0.1, 0.15) is 17.0 Å². The van der Waals surface area contributed by atoms with Crippen molar-refractivity contribution in [2.24, 2.45) is 0 Å². The lowest BCUT2D eigenvalue weighted by atomic mass is 9.65. The van der Waals surface area contributed by atoms with Crippen molar-refractivity contribution in [3.63, 3.8) is 0 Å². The third kappa shape index (κ3) is 4.68. The highest BCUT2D eigenvalue weighted by Crippen LogP contribution is 2.55. The smallest absolute Gasteiger partial charge is 0.207 e. The summed E-state index contributed by atoms with van der Waals surface area (Å²) in [5.41, 5.74) is -11.8. The number of hydrogen-bond acceptors (Lipinski definition) is 0. The van der Waals surface area contributed by atoms with Crippen molar-refractivity contribution >= 4 is 0 Å². The number of benzene rings is 3. The van der Waals surface area contributed by atoms with Gasteiger partial charge in [-0.15, -0.1) is 0 Å². The summed E-state index contributed by atoms with van der Waals surface area (Å²) in [4.78, 5) is 0. The van der Waals surface area contributed by atoms with Crippen LogP contribution in [0.4, 0.5) is 48.3 Å². The van der Waals surface area contributed by atoms with Gasteiger partial charge in [0.25, 0.3) is 0 Å². The summed E-state index contributed by atoms with van der Waals surface area (Å²) < 4.78 is 157. The molecular weight excluding hydrogens is 521 g/mol. The molecule has 0 N–H and O–H groups in total. The molecule has 0 saturated carbocycles. The number of hydrogen-bond donors (Lipinski definition) is 0. The molecule has 0 aliphatic heterocycles. The van der Waals surface area contributed by atoms with E-state index < -0.39 is 63.4 Å². The van der Waals surface area contributed by atoms with Crippen LogP contribution in [0.2, 0.25) is 0 Å². The summed E-state index contributed by atoms with van der Waals surface area (Å²) >= 11 is 0. The van der Waals surface area contributed by atoms with E-state index >= 15 is 13.2 Å². The van der Waals surface area contributed by atoms with E-state index in [1.54, 1.807) is 0 Å². The van der Waals surface area contributed by atoms with Crippen LogP contribution >= 0.6 is 0 Å². The van der Waals surface area contributed by atoms with Gasteiger partial charge in [0.15, 0.2) is 0 Å². The molecule has 0 radical (unpaired) electrons. The third-order valence-corrected chi connectivity index (χ3v) is 6.70. The molecule has 0 amide bonds. The molecule has 0 aromatic heterocycles. The molecule has 0 fully saturated rings. The Labute approximate surface area is 204 Å². The fourth-order valence-corrected chi connectivity index (χ4v) is 4.48. The molecular formula is C26H19F11. The second-order valence-electron chi connectivity index (χ2n) is 8.73. The lowest BCUT2D eigenvalue weighted by Crippen LogP contribution is -2.46. The Morgan fingerprint density at radius 1 is 0.459 bits per heavy atom. The standard InChI is InChI=1S/C26H19F11/c1-12-14(3)21(27)7-5-19(12)23(26(35,36)37,20-6-8-22(28)15(4)13(20)2)16-9-17(24(29,30)31)11-18(10-16)25(32,33)34/h5-11H,1-4H3. The van der Waals surface area contributed by atoms with E-state index in [4.69, 9.17) is 0 Å². The first-order valence-electron chi connectivity index (χ1n) is 10.6. The fourth-order valence-electron chi connectivity index (χ4n) is 4.48. The summed E-state index contributed by atoms with van der Waals surface area (Å²) in [7, 11) is 0. The first kappa shape index (κ1) is 28.5. The molecule has 0 atom stereocenters. The number of alkyl halides is 9. The van der Waals surface area contributed by atoms with Gasteiger partial charge >= 0.3 is 18.5 Å². The zero-order valence-electron chi connectivity index (χ0n) is 19.7. The molecule has 0 heterocycles. The molecule has 0 saturated heterocycles. The maximum absolute atomic E-state index is 15.4. The summed E-state index contributed by atoms with van der Waals surface area (Å²) in [5, 5.41) is 0. The highest BCUT2D eigenvalue weighted by molar-refractivity contribution is 5.60. The van der Waals surface area contributed by atoms with Crippen molar-refractivity contribution < 1.29 is 48.3 Å². The second-order valence-corrected chi connectivity index (χ2v) is 8.73. The molecule has 0 aliphatic rings. The normalized spacial score (nSPS) is 13.3. The minimum atomic E-state index is -5.57. The zero-order valence-corrected chi connectivity index (χ0v) is 19.7. The minimum Gasteiger partial charge on any atom is -0.207 e. The van der Waals surface area contributed by atoms with Gasteiger partial charge in [0.2, 0.25) is 0 Å². The van der Waals surface area contributed by atoms with E-state index in [-0.39, 0.29) is 40.5 Å². The van der Waals surface area contributed by atoms with Crippen molar-refractivity contribution in [2.45, 2.75) is 51.6 Å². The Bertz CT molecular complexity index is 1250. The average molecular weight is 540 g/mol. The molecule has 200 valence electrons. The van der Waals surface area contributed by atoms with Crippen LogP contribution in [0.5, 0.6) is 0 Å². The second kappa shape index (κ2) is 9.02. The van der Waals surface area contributed by atoms with E-state index in [0.29, 0.717) is 24.3 Å². The van der Waals surface area contributed by atoms with Gasteiger partial charge in [-0.2, -0.15) is 39.5 Å². The van der Waals surface area contributed by atoms with Gasteiger partial charge in [0, 0.05) is 0 Å². The molecule has 0 unspecified atom stereocenters. The van der Waals surface area contributed by atoms with Crippen molar-refractivity contribution in [3.8, 4) is 0 Å². The van der Waals surface area contributed by atoms with E-state index in [1.807, 2.05) is 0 Å². The van der Waals surface area contributed by atoms with Gasteiger partial charge in [-0.25, -0.2) is 8.78 Å². The van der Waals surface area contributed by atoms with Crippen LogP contribution in [0.25, 0.3) is 0 Å². The Morgan fingerprint density at radius 3 is 1.08 bits per heavy atom. The van der Waals surface area contributed by atoms with Crippen LogP contribution in [-0.2, 0) is 17.8 Å². The van der Waals surface area contributed by atoms with Crippen LogP contribution in [0.15, 0.2) is 42.5 Å².